The quantitative estimate of drug-likeness (QED) is 0.763. The summed E-state index contributed by atoms with van der Waals surface area (Å²) >= 11 is 0. The normalized spacial score (nSPS) is 12.0. The zero-order chi connectivity index (χ0) is 14.3. The number of carbonyl (C=O) groups excluding carboxylic acids is 1. The maximum Gasteiger partial charge on any atom is 0.324 e. The minimum Gasteiger partial charge on any atom is -0.468 e. The molecule has 0 aliphatic heterocycles. The van der Waals surface area contributed by atoms with Gasteiger partial charge in [0.05, 0.1) is 7.11 Å². The number of carbonyl (C=O) groups is 1. The molecule has 1 aromatic rings. The van der Waals surface area contributed by atoms with Gasteiger partial charge in [0, 0.05) is 19.3 Å². The van der Waals surface area contributed by atoms with Crippen LogP contribution in [-0.4, -0.2) is 39.3 Å². The minimum absolute atomic E-state index is 0.223. The van der Waals surface area contributed by atoms with Gasteiger partial charge in [-0.3, -0.25) is 4.79 Å². The Kier molecular flexibility index (Phi) is 6.36. The van der Waals surface area contributed by atoms with Crippen LogP contribution in [0.2, 0.25) is 0 Å². The summed E-state index contributed by atoms with van der Waals surface area (Å²) in [5, 5.41) is 3.14. The molecule has 4 nitrogen and oxygen atoms in total. The van der Waals surface area contributed by atoms with Gasteiger partial charge in [0.1, 0.15) is 6.04 Å². The number of nitrogens with one attached hydrogen (secondary N) is 1. The number of anilines is 1. The van der Waals surface area contributed by atoms with Crippen LogP contribution in [0.1, 0.15) is 19.4 Å². The number of ether oxygens (including phenoxy) is 1. The zero-order valence-corrected chi connectivity index (χ0v) is 12.3. The highest BCUT2D eigenvalue weighted by Crippen LogP contribution is 2.14. The molecule has 0 aromatic heterocycles. The summed E-state index contributed by atoms with van der Waals surface area (Å²) in [5.74, 6) is -0.223. The molecule has 0 radical (unpaired) electrons. The second kappa shape index (κ2) is 7.79. The molecule has 19 heavy (non-hydrogen) atoms. The highest BCUT2D eigenvalue weighted by atomic mass is 16.5. The first-order valence-corrected chi connectivity index (χ1v) is 6.73. The van der Waals surface area contributed by atoms with Crippen molar-refractivity contribution in [2.75, 3.05) is 32.1 Å². The van der Waals surface area contributed by atoms with E-state index in [4.69, 9.17) is 4.74 Å². The number of benzene rings is 1. The van der Waals surface area contributed by atoms with E-state index in [1.54, 1.807) is 0 Å². The van der Waals surface area contributed by atoms with E-state index in [0.29, 0.717) is 6.54 Å². The van der Waals surface area contributed by atoms with Crippen LogP contribution in [0.15, 0.2) is 24.3 Å². The number of nitrogens with zero attached hydrogens (tertiary/aromatic N) is 1. The molecule has 0 heterocycles. The first-order valence-electron chi connectivity index (χ1n) is 6.73. The van der Waals surface area contributed by atoms with E-state index < -0.39 is 0 Å². The molecule has 1 unspecified atom stereocenters. The van der Waals surface area contributed by atoms with Gasteiger partial charge in [-0.05, 0) is 30.7 Å². The number of methoxy groups -OCH3 is 1. The van der Waals surface area contributed by atoms with Crippen molar-refractivity contribution in [1.29, 1.82) is 0 Å². The Hall–Kier alpha value is -1.55. The second-order valence-electron chi connectivity index (χ2n) is 4.53. The monoisotopic (exact) mass is 264 g/mol. The molecule has 0 spiro atoms. The molecule has 106 valence electrons. The molecular formula is C15H24N2O2. The van der Waals surface area contributed by atoms with E-state index in [2.05, 4.69) is 41.4 Å². The Morgan fingerprint density at radius 1 is 1.32 bits per heavy atom. The molecule has 0 bridgehead atoms. The Labute approximate surface area is 115 Å². The topological polar surface area (TPSA) is 41.6 Å². The molecule has 1 rings (SSSR count). The van der Waals surface area contributed by atoms with Crippen LogP contribution in [0, 0.1) is 0 Å². The van der Waals surface area contributed by atoms with Crippen molar-refractivity contribution in [2.45, 2.75) is 26.3 Å². The first kappa shape index (κ1) is 15.5. The van der Waals surface area contributed by atoms with Crippen molar-refractivity contribution in [3.63, 3.8) is 0 Å². The van der Waals surface area contributed by atoms with E-state index in [1.165, 1.54) is 12.7 Å². The van der Waals surface area contributed by atoms with Crippen LogP contribution in [0.3, 0.4) is 0 Å². The number of hydrogen-bond acceptors (Lipinski definition) is 4. The largest absolute Gasteiger partial charge is 0.468 e. The number of likely N-dealkylation sites (N-methyl/N-ethyl adjacent to an activating group) is 2. The third-order valence-corrected chi connectivity index (χ3v) is 3.18. The fourth-order valence-electron chi connectivity index (χ4n) is 1.98. The molecular weight excluding hydrogens is 240 g/mol. The van der Waals surface area contributed by atoms with E-state index in [0.717, 1.165) is 18.7 Å². The highest BCUT2D eigenvalue weighted by Gasteiger charge is 2.19. The predicted octanol–water partition coefficient (Wildman–Crippen LogP) is 1.84. The van der Waals surface area contributed by atoms with Crippen LogP contribution < -0.4 is 10.2 Å². The fraction of sp³-hybridized carbons (Fsp3) is 0.533. The third kappa shape index (κ3) is 4.56. The van der Waals surface area contributed by atoms with Crippen molar-refractivity contribution in [2.24, 2.45) is 0 Å². The van der Waals surface area contributed by atoms with Crippen LogP contribution in [-0.2, 0) is 16.0 Å². The van der Waals surface area contributed by atoms with Crippen LogP contribution in [0.25, 0.3) is 0 Å². The van der Waals surface area contributed by atoms with E-state index in [1.807, 2.05) is 14.0 Å². The molecule has 0 saturated carbocycles. The lowest BCUT2D eigenvalue weighted by atomic mass is 10.1. The summed E-state index contributed by atoms with van der Waals surface area (Å²) in [4.78, 5) is 13.7. The molecule has 0 fully saturated rings. The van der Waals surface area contributed by atoms with Gasteiger partial charge in [0.2, 0.25) is 0 Å². The number of hydrogen-bond donors (Lipinski definition) is 1. The number of aryl methyl sites for hydroxylation is 1. The molecule has 1 N–H and O–H groups in total. The first-order chi connectivity index (χ1) is 9.12. The molecule has 0 saturated heterocycles. The average molecular weight is 264 g/mol. The standard InChI is InChI=1S/C15H24N2O2/c1-5-12-7-9-13(10-8-12)17(3)11-14(16-6-2)15(18)19-4/h7-10,14,16H,5-6,11H2,1-4H3. The highest BCUT2D eigenvalue weighted by molar-refractivity contribution is 5.76. The van der Waals surface area contributed by atoms with Gasteiger partial charge in [-0.25, -0.2) is 0 Å². The Bertz CT molecular complexity index is 390. The molecule has 1 aromatic carbocycles. The van der Waals surface area contributed by atoms with Gasteiger partial charge in [-0.2, -0.15) is 0 Å². The van der Waals surface area contributed by atoms with Crippen LogP contribution in [0.4, 0.5) is 5.69 Å². The van der Waals surface area contributed by atoms with Crippen molar-refractivity contribution in [3.05, 3.63) is 29.8 Å². The summed E-state index contributed by atoms with van der Waals surface area (Å²) in [6, 6.07) is 8.10. The van der Waals surface area contributed by atoms with Crippen molar-refractivity contribution < 1.29 is 9.53 Å². The minimum atomic E-state index is -0.300. The van der Waals surface area contributed by atoms with Gasteiger partial charge in [-0.1, -0.05) is 26.0 Å². The lowest BCUT2D eigenvalue weighted by molar-refractivity contribution is -0.142. The maximum absolute atomic E-state index is 11.7. The van der Waals surface area contributed by atoms with E-state index >= 15 is 0 Å². The SMILES string of the molecule is CCNC(CN(C)c1ccc(CC)cc1)C(=O)OC. The zero-order valence-electron chi connectivity index (χ0n) is 12.3. The smallest absolute Gasteiger partial charge is 0.324 e. The van der Waals surface area contributed by atoms with Crippen LogP contribution in [0.5, 0.6) is 0 Å². The lowest BCUT2D eigenvalue weighted by Crippen LogP contribution is -2.45. The summed E-state index contributed by atoms with van der Waals surface area (Å²) < 4.78 is 4.81. The second-order valence-corrected chi connectivity index (χ2v) is 4.53. The van der Waals surface area contributed by atoms with Gasteiger partial charge in [0.15, 0.2) is 0 Å². The molecule has 1 atom stereocenters. The van der Waals surface area contributed by atoms with Gasteiger partial charge in [0.25, 0.3) is 0 Å². The Morgan fingerprint density at radius 2 is 1.95 bits per heavy atom. The average Bonchev–Trinajstić information content (AvgIpc) is 2.46. The lowest BCUT2D eigenvalue weighted by Gasteiger charge is -2.25. The fourth-order valence-corrected chi connectivity index (χ4v) is 1.98. The summed E-state index contributed by atoms with van der Waals surface area (Å²) in [6.07, 6.45) is 1.03. The molecule has 0 aliphatic carbocycles. The van der Waals surface area contributed by atoms with Gasteiger partial charge >= 0.3 is 5.97 Å². The molecule has 0 aliphatic rings. The third-order valence-electron chi connectivity index (χ3n) is 3.18. The van der Waals surface area contributed by atoms with E-state index in [9.17, 15) is 4.79 Å². The predicted molar refractivity (Wildman–Crippen MR) is 78.6 cm³/mol. The summed E-state index contributed by atoms with van der Waals surface area (Å²) in [6.45, 7) is 5.44. The van der Waals surface area contributed by atoms with Crippen molar-refractivity contribution in [1.82, 2.24) is 5.32 Å². The number of rotatable bonds is 7. The maximum atomic E-state index is 11.7. The summed E-state index contributed by atoms with van der Waals surface area (Å²) in [5.41, 5.74) is 2.41. The van der Waals surface area contributed by atoms with Gasteiger partial charge < -0.3 is 15.0 Å². The van der Waals surface area contributed by atoms with Crippen molar-refractivity contribution >= 4 is 11.7 Å². The van der Waals surface area contributed by atoms with Crippen LogP contribution >= 0.6 is 0 Å². The van der Waals surface area contributed by atoms with E-state index in [-0.39, 0.29) is 12.0 Å². The summed E-state index contributed by atoms with van der Waals surface area (Å²) in [7, 11) is 3.40. The Balaban J connectivity index is 2.69. The Morgan fingerprint density at radius 3 is 2.42 bits per heavy atom. The number of esters is 1. The van der Waals surface area contributed by atoms with Gasteiger partial charge in [-0.15, -0.1) is 0 Å². The molecule has 0 amide bonds. The molecule has 4 heteroatoms. The van der Waals surface area contributed by atoms with Crippen molar-refractivity contribution in [3.8, 4) is 0 Å².